The van der Waals surface area contributed by atoms with Gasteiger partial charge in [0.25, 0.3) is 5.91 Å². The van der Waals surface area contributed by atoms with E-state index < -0.39 is 6.04 Å². The first-order chi connectivity index (χ1) is 15.2. The largest absolute Gasteiger partial charge is 0.454 e. The van der Waals surface area contributed by atoms with Crippen LogP contribution in [0.2, 0.25) is 0 Å². The lowest BCUT2D eigenvalue weighted by atomic mass is 9.98. The number of rotatable bonds is 3. The zero-order valence-electron chi connectivity index (χ0n) is 16.4. The molecule has 6 rings (SSSR count). The fourth-order valence-electron chi connectivity index (χ4n) is 4.35. The maximum Gasteiger partial charge on any atom is 0.291 e. The van der Waals surface area contributed by atoms with Crippen LogP contribution in [0.4, 0.5) is 0 Å². The summed E-state index contributed by atoms with van der Waals surface area (Å²) < 4.78 is 16.8. The number of ether oxygens (including phenoxy) is 2. The van der Waals surface area contributed by atoms with Crippen LogP contribution in [0.1, 0.15) is 33.3 Å². The van der Waals surface area contributed by atoms with E-state index in [-0.39, 0.29) is 23.9 Å². The zero-order valence-corrected chi connectivity index (χ0v) is 16.4. The van der Waals surface area contributed by atoms with Gasteiger partial charge in [-0.3, -0.25) is 9.59 Å². The average Bonchev–Trinajstić information content (AvgIpc) is 3.38. The molecule has 0 saturated heterocycles. The van der Waals surface area contributed by atoms with Crippen LogP contribution in [0.5, 0.6) is 11.5 Å². The van der Waals surface area contributed by atoms with Crippen molar-refractivity contribution in [3.8, 4) is 11.5 Å². The van der Waals surface area contributed by atoms with Gasteiger partial charge in [-0.1, -0.05) is 48.5 Å². The standard InChI is InChI=1S/C25H17NO5/c27-23-17-8-4-5-9-18(17)31-24-21(23)22(16-6-2-1-3-7-16)26(25(24)28)13-15-10-11-19-20(12-15)30-14-29-19/h1-12,22H,13-14H2/t22-/m1/s1. The van der Waals surface area contributed by atoms with Gasteiger partial charge in [0.2, 0.25) is 12.6 Å². The molecule has 1 amide bonds. The van der Waals surface area contributed by atoms with E-state index in [9.17, 15) is 9.59 Å². The van der Waals surface area contributed by atoms with Crippen LogP contribution in [0.3, 0.4) is 0 Å². The highest BCUT2D eigenvalue weighted by Gasteiger charge is 2.42. The lowest BCUT2D eigenvalue weighted by Crippen LogP contribution is -2.29. The van der Waals surface area contributed by atoms with Crippen molar-refractivity contribution in [2.75, 3.05) is 6.79 Å². The molecule has 0 unspecified atom stereocenters. The van der Waals surface area contributed by atoms with E-state index in [1.807, 2.05) is 48.5 Å². The second-order valence-corrected chi connectivity index (χ2v) is 7.60. The SMILES string of the molecule is O=C1c2oc3ccccc3c(=O)c2[C@@H](c2ccccc2)N1Cc1ccc2c(c1)OCO2. The summed E-state index contributed by atoms with van der Waals surface area (Å²) in [5, 5.41) is 0.472. The fourth-order valence-corrected chi connectivity index (χ4v) is 4.35. The van der Waals surface area contributed by atoms with E-state index in [1.165, 1.54) is 0 Å². The molecule has 0 spiro atoms. The van der Waals surface area contributed by atoms with Gasteiger partial charge < -0.3 is 18.8 Å². The van der Waals surface area contributed by atoms with Crippen molar-refractivity contribution in [1.29, 1.82) is 0 Å². The smallest absolute Gasteiger partial charge is 0.291 e. The molecule has 0 N–H and O–H groups in total. The van der Waals surface area contributed by atoms with E-state index in [4.69, 9.17) is 13.9 Å². The van der Waals surface area contributed by atoms with Gasteiger partial charge in [-0.15, -0.1) is 0 Å². The first-order valence-electron chi connectivity index (χ1n) is 10.0. The molecule has 3 heterocycles. The third kappa shape index (κ3) is 2.72. The Balaban J connectivity index is 1.51. The molecule has 6 nitrogen and oxygen atoms in total. The summed E-state index contributed by atoms with van der Waals surface area (Å²) in [6, 6.07) is 21.7. The van der Waals surface area contributed by atoms with Crippen LogP contribution in [-0.4, -0.2) is 17.6 Å². The highest BCUT2D eigenvalue weighted by molar-refractivity contribution is 5.99. The summed E-state index contributed by atoms with van der Waals surface area (Å²) in [7, 11) is 0. The van der Waals surface area contributed by atoms with E-state index in [2.05, 4.69) is 0 Å². The number of hydrogen-bond donors (Lipinski definition) is 0. The lowest BCUT2D eigenvalue weighted by molar-refractivity contribution is 0.0714. The molecular weight excluding hydrogens is 394 g/mol. The Bertz CT molecular complexity index is 1390. The minimum absolute atomic E-state index is 0.110. The molecule has 0 radical (unpaired) electrons. The zero-order chi connectivity index (χ0) is 20.9. The summed E-state index contributed by atoms with van der Waals surface area (Å²) in [6.07, 6.45) is 0. The van der Waals surface area contributed by atoms with Crippen LogP contribution in [0, 0.1) is 0 Å². The van der Waals surface area contributed by atoms with Gasteiger partial charge in [-0.05, 0) is 35.4 Å². The van der Waals surface area contributed by atoms with Crippen LogP contribution < -0.4 is 14.9 Å². The van der Waals surface area contributed by atoms with E-state index in [0.717, 1.165) is 11.1 Å². The van der Waals surface area contributed by atoms with Crippen LogP contribution in [-0.2, 0) is 6.54 Å². The summed E-state index contributed by atoms with van der Waals surface area (Å²) in [6.45, 7) is 0.486. The molecule has 4 aromatic rings. The number of nitrogens with zero attached hydrogens (tertiary/aromatic N) is 1. The molecule has 152 valence electrons. The number of hydrogen-bond acceptors (Lipinski definition) is 5. The third-order valence-electron chi connectivity index (χ3n) is 5.78. The Morgan fingerprint density at radius 1 is 0.871 bits per heavy atom. The van der Waals surface area contributed by atoms with Gasteiger partial charge in [0.05, 0.1) is 17.0 Å². The molecule has 2 aliphatic rings. The van der Waals surface area contributed by atoms with Gasteiger partial charge in [-0.2, -0.15) is 0 Å². The van der Waals surface area contributed by atoms with Crippen molar-refractivity contribution < 1.29 is 18.7 Å². The Hall–Kier alpha value is -4.06. The number of amides is 1. The minimum Gasteiger partial charge on any atom is -0.454 e. The molecule has 2 aliphatic heterocycles. The van der Waals surface area contributed by atoms with Gasteiger partial charge in [0.1, 0.15) is 5.58 Å². The predicted molar refractivity (Wildman–Crippen MR) is 113 cm³/mol. The summed E-state index contributed by atoms with van der Waals surface area (Å²) >= 11 is 0. The van der Waals surface area contributed by atoms with Gasteiger partial charge in [-0.25, -0.2) is 0 Å². The quantitative estimate of drug-likeness (QED) is 0.504. The number of carbonyl (C=O) groups excluding carboxylic acids is 1. The first kappa shape index (κ1) is 17.8. The molecule has 3 aromatic carbocycles. The van der Waals surface area contributed by atoms with E-state index in [1.54, 1.807) is 29.2 Å². The van der Waals surface area contributed by atoms with Gasteiger partial charge in [0.15, 0.2) is 16.9 Å². The normalized spacial score (nSPS) is 16.7. The molecule has 6 heteroatoms. The summed E-state index contributed by atoms with van der Waals surface area (Å²) in [4.78, 5) is 28.6. The fraction of sp³-hybridized carbons (Fsp3) is 0.120. The third-order valence-corrected chi connectivity index (χ3v) is 5.78. The lowest BCUT2D eigenvalue weighted by Gasteiger charge is -2.25. The van der Waals surface area contributed by atoms with E-state index in [0.29, 0.717) is 34.6 Å². The molecule has 1 aromatic heterocycles. The molecular formula is C25H17NO5. The topological polar surface area (TPSA) is 69.0 Å². The van der Waals surface area contributed by atoms with Crippen LogP contribution >= 0.6 is 0 Å². The second kappa shape index (κ2) is 6.74. The van der Waals surface area contributed by atoms with Crippen molar-refractivity contribution in [2.45, 2.75) is 12.6 Å². The highest BCUT2D eigenvalue weighted by Crippen LogP contribution is 2.40. The van der Waals surface area contributed by atoms with Gasteiger partial charge in [0, 0.05) is 6.54 Å². The van der Waals surface area contributed by atoms with Gasteiger partial charge >= 0.3 is 0 Å². The molecule has 1 atom stereocenters. The summed E-state index contributed by atoms with van der Waals surface area (Å²) in [5.41, 5.74) is 2.36. The minimum atomic E-state index is -0.532. The van der Waals surface area contributed by atoms with Crippen molar-refractivity contribution in [3.63, 3.8) is 0 Å². The number of para-hydroxylation sites is 1. The van der Waals surface area contributed by atoms with Crippen molar-refractivity contribution in [2.24, 2.45) is 0 Å². The maximum atomic E-state index is 13.5. The summed E-state index contributed by atoms with van der Waals surface area (Å²) in [5.74, 6) is 1.14. The maximum absolute atomic E-state index is 13.5. The number of fused-ring (bicyclic) bond motifs is 3. The van der Waals surface area contributed by atoms with Crippen molar-refractivity contribution in [1.82, 2.24) is 4.90 Å². The molecule has 0 bridgehead atoms. The molecule has 31 heavy (non-hydrogen) atoms. The first-order valence-corrected chi connectivity index (χ1v) is 10.0. The van der Waals surface area contributed by atoms with E-state index >= 15 is 0 Å². The van der Waals surface area contributed by atoms with Crippen molar-refractivity contribution in [3.05, 3.63) is 105 Å². The monoisotopic (exact) mass is 411 g/mol. The number of benzene rings is 3. The predicted octanol–water partition coefficient (Wildman–Crippen LogP) is 4.27. The molecule has 0 fully saturated rings. The Morgan fingerprint density at radius 3 is 2.52 bits per heavy atom. The Kier molecular flexibility index (Phi) is 3.86. The highest BCUT2D eigenvalue weighted by atomic mass is 16.7. The molecule has 0 saturated carbocycles. The second-order valence-electron chi connectivity index (χ2n) is 7.60. The Morgan fingerprint density at radius 2 is 1.65 bits per heavy atom. The van der Waals surface area contributed by atoms with Crippen molar-refractivity contribution >= 4 is 16.9 Å². The van der Waals surface area contributed by atoms with Crippen LogP contribution in [0.15, 0.2) is 82.0 Å². The molecule has 0 aliphatic carbocycles. The Labute approximate surface area is 177 Å². The average molecular weight is 411 g/mol. The van der Waals surface area contributed by atoms with Crippen LogP contribution in [0.25, 0.3) is 11.0 Å². The number of carbonyl (C=O) groups is 1.